The van der Waals surface area contributed by atoms with Crippen LogP contribution in [0.25, 0.3) is 0 Å². The number of ether oxygens (including phenoxy) is 2. The molecule has 7 nitrogen and oxygen atoms in total. The number of carbonyl (C=O) groups is 2. The Bertz CT molecular complexity index is 781. The van der Waals surface area contributed by atoms with Crippen molar-refractivity contribution in [3.05, 3.63) is 50.6 Å². The van der Waals surface area contributed by atoms with E-state index in [1.165, 1.54) is 4.57 Å². The van der Waals surface area contributed by atoms with Gasteiger partial charge in [0.05, 0.1) is 7.11 Å². The van der Waals surface area contributed by atoms with Gasteiger partial charge in [0, 0.05) is 17.6 Å². The van der Waals surface area contributed by atoms with Crippen LogP contribution in [0.2, 0.25) is 0 Å². The number of thiazole rings is 1. The summed E-state index contributed by atoms with van der Waals surface area (Å²) >= 11 is 1.02. The van der Waals surface area contributed by atoms with Gasteiger partial charge in [-0.2, -0.15) is 0 Å². The van der Waals surface area contributed by atoms with E-state index in [9.17, 15) is 14.4 Å². The minimum Gasteiger partial charge on any atom is -0.497 e. The van der Waals surface area contributed by atoms with Crippen LogP contribution in [-0.4, -0.2) is 30.2 Å². The van der Waals surface area contributed by atoms with Gasteiger partial charge in [0.25, 0.3) is 5.91 Å². The standard InChI is InChI=1S/C16H18N2O5S/c1-11-10-24-16(21)18(11)8-15(20)23-9-14(19)17-7-12-4-3-5-13(6-12)22-2/h3-6,10H,7-9H2,1-2H3,(H,17,19). The minimum atomic E-state index is -0.630. The van der Waals surface area contributed by atoms with Crippen LogP contribution in [0, 0.1) is 6.92 Å². The molecular formula is C16H18N2O5S. The van der Waals surface area contributed by atoms with Gasteiger partial charge in [0.2, 0.25) is 0 Å². The summed E-state index contributed by atoms with van der Waals surface area (Å²) in [5.41, 5.74) is 1.55. The molecule has 0 aliphatic carbocycles. The summed E-state index contributed by atoms with van der Waals surface area (Å²) in [6.45, 7) is 1.45. The van der Waals surface area contributed by atoms with Gasteiger partial charge in [-0.15, -0.1) is 0 Å². The van der Waals surface area contributed by atoms with Crippen LogP contribution in [0.3, 0.4) is 0 Å². The molecular weight excluding hydrogens is 332 g/mol. The van der Waals surface area contributed by atoms with E-state index in [0.717, 1.165) is 16.9 Å². The average molecular weight is 350 g/mol. The molecule has 1 aromatic carbocycles. The van der Waals surface area contributed by atoms with E-state index in [1.54, 1.807) is 25.5 Å². The van der Waals surface area contributed by atoms with Crippen molar-refractivity contribution in [1.82, 2.24) is 9.88 Å². The zero-order chi connectivity index (χ0) is 17.5. The molecule has 0 atom stereocenters. The number of aromatic nitrogens is 1. The van der Waals surface area contributed by atoms with Gasteiger partial charge < -0.3 is 14.8 Å². The van der Waals surface area contributed by atoms with E-state index in [4.69, 9.17) is 9.47 Å². The summed E-state index contributed by atoms with van der Waals surface area (Å²) in [6.07, 6.45) is 0. The van der Waals surface area contributed by atoms with Gasteiger partial charge in [0.1, 0.15) is 12.3 Å². The van der Waals surface area contributed by atoms with Crippen molar-refractivity contribution in [1.29, 1.82) is 0 Å². The Morgan fingerprint density at radius 3 is 2.79 bits per heavy atom. The predicted octanol–water partition coefficient (Wildman–Crippen LogP) is 1.09. The quantitative estimate of drug-likeness (QED) is 0.755. The fraction of sp³-hybridized carbons (Fsp3) is 0.312. The second kappa shape index (κ2) is 8.30. The van der Waals surface area contributed by atoms with Crippen LogP contribution in [0.1, 0.15) is 11.3 Å². The van der Waals surface area contributed by atoms with Crippen molar-refractivity contribution in [2.75, 3.05) is 13.7 Å². The molecule has 0 saturated carbocycles. The molecule has 0 aliphatic heterocycles. The third kappa shape index (κ3) is 4.95. The molecule has 1 amide bonds. The molecule has 0 fully saturated rings. The molecule has 24 heavy (non-hydrogen) atoms. The van der Waals surface area contributed by atoms with Crippen LogP contribution < -0.4 is 14.9 Å². The second-order valence-electron chi connectivity index (χ2n) is 5.02. The Hall–Kier alpha value is -2.61. The van der Waals surface area contributed by atoms with Crippen molar-refractivity contribution < 1.29 is 19.1 Å². The fourth-order valence-corrected chi connectivity index (χ4v) is 2.69. The molecule has 0 radical (unpaired) electrons. The molecule has 0 bridgehead atoms. The topological polar surface area (TPSA) is 86.6 Å². The van der Waals surface area contributed by atoms with Crippen LogP contribution in [0.4, 0.5) is 0 Å². The van der Waals surface area contributed by atoms with E-state index >= 15 is 0 Å². The lowest BCUT2D eigenvalue weighted by atomic mass is 10.2. The second-order valence-corrected chi connectivity index (χ2v) is 5.84. The van der Waals surface area contributed by atoms with Crippen LogP contribution in [0.5, 0.6) is 5.75 Å². The molecule has 0 saturated heterocycles. The van der Waals surface area contributed by atoms with E-state index in [2.05, 4.69) is 5.32 Å². The summed E-state index contributed by atoms with van der Waals surface area (Å²) < 4.78 is 11.3. The molecule has 2 aromatic rings. The minimum absolute atomic E-state index is 0.197. The average Bonchev–Trinajstić information content (AvgIpc) is 2.90. The SMILES string of the molecule is COc1cccc(CNC(=O)COC(=O)Cn2c(C)csc2=O)c1. The van der Waals surface area contributed by atoms with E-state index in [-0.39, 0.29) is 18.0 Å². The first kappa shape index (κ1) is 17.7. The van der Waals surface area contributed by atoms with Gasteiger partial charge in [-0.25, -0.2) is 0 Å². The summed E-state index contributed by atoms with van der Waals surface area (Å²) in [7, 11) is 1.57. The molecule has 1 aromatic heterocycles. The largest absolute Gasteiger partial charge is 0.497 e. The maximum atomic E-state index is 11.7. The molecule has 128 valence electrons. The molecule has 0 aliphatic rings. The Balaban J connectivity index is 1.76. The number of carbonyl (C=O) groups excluding carboxylic acids is 2. The molecule has 0 unspecified atom stereocenters. The Kier molecular flexibility index (Phi) is 6.14. The monoisotopic (exact) mass is 350 g/mol. The van der Waals surface area contributed by atoms with Gasteiger partial charge in [-0.05, 0) is 24.6 Å². The lowest BCUT2D eigenvalue weighted by Gasteiger charge is -2.08. The highest BCUT2D eigenvalue weighted by atomic mass is 32.1. The van der Waals surface area contributed by atoms with Crippen molar-refractivity contribution in [3.8, 4) is 5.75 Å². The number of nitrogens with zero attached hydrogens (tertiary/aromatic N) is 1. The number of benzene rings is 1. The van der Waals surface area contributed by atoms with Gasteiger partial charge in [0.15, 0.2) is 6.61 Å². The van der Waals surface area contributed by atoms with E-state index in [1.807, 2.05) is 18.2 Å². The maximum absolute atomic E-state index is 11.7. The number of aryl methyl sites for hydroxylation is 1. The summed E-state index contributed by atoms with van der Waals surface area (Å²) in [5.74, 6) is -0.347. The highest BCUT2D eigenvalue weighted by molar-refractivity contribution is 7.07. The first-order valence-electron chi connectivity index (χ1n) is 7.20. The lowest BCUT2D eigenvalue weighted by molar-refractivity contribution is -0.149. The van der Waals surface area contributed by atoms with Crippen LogP contribution >= 0.6 is 11.3 Å². The highest BCUT2D eigenvalue weighted by Crippen LogP contribution is 2.12. The molecule has 0 spiro atoms. The number of hydrogen-bond acceptors (Lipinski definition) is 6. The van der Waals surface area contributed by atoms with Crippen molar-refractivity contribution >= 4 is 23.2 Å². The van der Waals surface area contributed by atoms with Crippen LogP contribution in [-0.2, 0) is 27.4 Å². The highest BCUT2D eigenvalue weighted by Gasteiger charge is 2.11. The van der Waals surface area contributed by atoms with Gasteiger partial charge >= 0.3 is 10.8 Å². The van der Waals surface area contributed by atoms with Crippen molar-refractivity contribution in [3.63, 3.8) is 0 Å². The predicted molar refractivity (Wildman–Crippen MR) is 89.1 cm³/mol. The molecule has 1 N–H and O–H groups in total. The smallest absolute Gasteiger partial charge is 0.326 e. The van der Waals surface area contributed by atoms with E-state index < -0.39 is 11.9 Å². The van der Waals surface area contributed by atoms with Crippen molar-refractivity contribution in [2.45, 2.75) is 20.0 Å². The Labute approximate surface area is 142 Å². The van der Waals surface area contributed by atoms with Crippen LogP contribution in [0.15, 0.2) is 34.4 Å². The summed E-state index contributed by atoms with van der Waals surface area (Å²) in [6, 6.07) is 7.28. The van der Waals surface area contributed by atoms with Gasteiger partial charge in [-0.1, -0.05) is 23.5 Å². The third-order valence-electron chi connectivity index (χ3n) is 3.25. The number of amides is 1. The number of nitrogens with one attached hydrogen (secondary N) is 1. The number of methoxy groups -OCH3 is 1. The Morgan fingerprint density at radius 2 is 2.12 bits per heavy atom. The molecule has 8 heteroatoms. The molecule has 2 rings (SSSR count). The normalized spacial score (nSPS) is 10.2. The van der Waals surface area contributed by atoms with Gasteiger partial charge in [-0.3, -0.25) is 19.0 Å². The lowest BCUT2D eigenvalue weighted by Crippen LogP contribution is -2.30. The first-order valence-corrected chi connectivity index (χ1v) is 8.07. The third-order valence-corrected chi connectivity index (χ3v) is 4.13. The number of hydrogen-bond donors (Lipinski definition) is 1. The maximum Gasteiger partial charge on any atom is 0.326 e. The van der Waals surface area contributed by atoms with E-state index in [0.29, 0.717) is 18.0 Å². The first-order chi connectivity index (χ1) is 11.5. The summed E-state index contributed by atoms with van der Waals surface area (Å²) in [4.78, 5) is 34.7. The summed E-state index contributed by atoms with van der Waals surface area (Å²) in [5, 5.41) is 4.31. The number of esters is 1. The Morgan fingerprint density at radius 1 is 1.33 bits per heavy atom. The van der Waals surface area contributed by atoms with Crippen molar-refractivity contribution in [2.24, 2.45) is 0 Å². The number of rotatable bonds is 7. The zero-order valence-electron chi connectivity index (χ0n) is 13.4. The molecule has 1 heterocycles. The zero-order valence-corrected chi connectivity index (χ0v) is 14.2. The fourth-order valence-electron chi connectivity index (χ4n) is 1.95.